The number of halogens is 1. The number of rotatable bonds is 8. The van der Waals surface area contributed by atoms with Gasteiger partial charge in [-0.05, 0) is 30.5 Å². The average Bonchev–Trinajstić information content (AvgIpc) is 2.41. The third-order valence-corrected chi connectivity index (χ3v) is 3.41. The molecule has 1 heterocycles. The van der Waals surface area contributed by atoms with Crippen LogP contribution in [0.15, 0.2) is 18.3 Å². The van der Waals surface area contributed by atoms with E-state index in [1.54, 1.807) is 23.0 Å². The summed E-state index contributed by atoms with van der Waals surface area (Å²) in [6.07, 6.45) is 7.40. The van der Waals surface area contributed by atoms with Gasteiger partial charge in [0, 0.05) is 12.1 Å². The van der Waals surface area contributed by atoms with Crippen LogP contribution in [0.5, 0.6) is 0 Å². The van der Waals surface area contributed by atoms with Gasteiger partial charge in [-0.25, -0.2) is 0 Å². The lowest BCUT2D eigenvalue weighted by Crippen LogP contribution is -2.47. The summed E-state index contributed by atoms with van der Waals surface area (Å²) in [7, 11) is 0. The number of aromatic nitrogens is 1. The molecule has 0 saturated heterocycles. The van der Waals surface area contributed by atoms with Gasteiger partial charge < -0.3 is 5.73 Å². The Bertz CT molecular complexity index is 428. The molecule has 0 saturated carbocycles. The maximum atomic E-state index is 8.88. The van der Waals surface area contributed by atoms with Crippen LogP contribution in [0.1, 0.15) is 44.6 Å². The van der Waals surface area contributed by atoms with Crippen molar-refractivity contribution < 1.29 is 4.68 Å². The van der Waals surface area contributed by atoms with Crippen molar-refractivity contribution in [3.05, 3.63) is 29.0 Å². The zero-order chi connectivity index (χ0) is 14.1. The van der Waals surface area contributed by atoms with Gasteiger partial charge in [-0.3, -0.25) is 0 Å². The summed E-state index contributed by atoms with van der Waals surface area (Å²) in [5.41, 5.74) is 9.66. The SMILES string of the molecule is CCCCCC(N)CCN[n+]1cccc(C#N)c1Cl. The van der Waals surface area contributed by atoms with E-state index in [-0.39, 0.29) is 6.04 Å². The molecule has 1 aromatic rings. The summed E-state index contributed by atoms with van der Waals surface area (Å²) >= 11 is 6.07. The highest BCUT2D eigenvalue weighted by Gasteiger charge is 2.13. The van der Waals surface area contributed by atoms with Crippen LogP contribution in [0.25, 0.3) is 0 Å². The molecule has 1 atom stereocenters. The largest absolute Gasteiger partial charge is 0.328 e. The van der Waals surface area contributed by atoms with Crippen molar-refractivity contribution in [3.8, 4) is 6.07 Å². The van der Waals surface area contributed by atoms with E-state index < -0.39 is 0 Å². The first-order valence-electron chi connectivity index (χ1n) is 6.78. The minimum Gasteiger partial charge on any atom is -0.328 e. The maximum absolute atomic E-state index is 8.88. The topological polar surface area (TPSA) is 65.7 Å². The Balaban J connectivity index is 2.35. The Kier molecular flexibility index (Phi) is 7.24. The molecule has 0 bridgehead atoms. The molecule has 1 unspecified atom stereocenters. The lowest BCUT2D eigenvalue weighted by atomic mass is 10.1. The number of hydrogen-bond donors (Lipinski definition) is 2. The summed E-state index contributed by atoms with van der Waals surface area (Å²) in [4.78, 5) is 0. The molecule has 0 aliphatic carbocycles. The number of nitrogens with two attached hydrogens (primary N) is 1. The Hall–Kier alpha value is -1.31. The Morgan fingerprint density at radius 2 is 2.26 bits per heavy atom. The van der Waals surface area contributed by atoms with Gasteiger partial charge in [0.05, 0.1) is 6.54 Å². The number of pyridine rings is 1. The van der Waals surface area contributed by atoms with Gasteiger partial charge in [-0.15, -0.1) is 0 Å². The highest BCUT2D eigenvalue weighted by atomic mass is 35.5. The number of hydrogen-bond acceptors (Lipinski definition) is 3. The fourth-order valence-electron chi connectivity index (χ4n) is 1.87. The average molecular weight is 282 g/mol. The van der Waals surface area contributed by atoms with Gasteiger partial charge in [0.2, 0.25) is 6.20 Å². The quantitative estimate of drug-likeness (QED) is 0.437. The molecule has 104 valence electrons. The summed E-state index contributed by atoms with van der Waals surface area (Å²) in [6.45, 7) is 2.93. The summed E-state index contributed by atoms with van der Waals surface area (Å²) in [6, 6.07) is 5.75. The predicted molar refractivity (Wildman–Crippen MR) is 77.3 cm³/mol. The normalized spacial score (nSPS) is 11.9. The van der Waals surface area contributed by atoms with Crippen molar-refractivity contribution in [2.24, 2.45) is 5.73 Å². The standard InChI is InChI=1S/C14H22ClN4/c1-2-3-4-7-13(17)8-9-18-19-10-5-6-12(11-16)14(19)15/h5-6,10,13,18H,2-4,7-9,17H2,1H3/q+1. The lowest BCUT2D eigenvalue weighted by molar-refractivity contribution is -0.648. The Morgan fingerprint density at radius 1 is 1.47 bits per heavy atom. The number of nitrogens with one attached hydrogen (secondary N) is 1. The predicted octanol–water partition coefficient (Wildman–Crippen LogP) is 2.34. The first kappa shape index (κ1) is 15.7. The van der Waals surface area contributed by atoms with E-state index in [0.717, 1.165) is 19.4 Å². The van der Waals surface area contributed by atoms with Gasteiger partial charge in [-0.2, -0.15) is 10.7 Å². The second-order valence-corrected chi connectivity index (χ2v) is 5.01. The molecule has 0 aromatic carbocycles. The van der Waals surface area contributed by atoms with Gasteiger partial charge in [0.15, 0.2) is 0 Å². The summed E-state index contributed by atoms with van der Waals surface area (Å²) < 4.78 is 1.67. The van der Waals surface area contributed by atoms with Crippen LogP contribution in [0.4, 0.5) is 0 Å². The molecule has 3 N–H and O–H groups in total. The molecule has 1 rings (SSSR count). The summed E-state index contributed by atoms with van der Waals surface area (Å²) in [5.74, 6) is 0. The molecule has 0 aliphatic rings. The van der Waals surface area contributed by atoms with Crippen molar-refractivity contribution in [1.82, 2.24) is 0 Å². The fourth-order valence-corrected chi connectivity index (χ4v) is 2.09. The number of unbranched alkanes of at least 4 members (excludes halogenated alkanes) is 2. The van der Waals surface area contributed by atoms with Crippen LogP contribution in [0.2, 0.25) is 5.15 Å². The minimum atomic E-state index is 0.220. The van der Waals surface area contributed by atoms with Crippen LogP contribution < -0.4 is 15.8 Å². The maximum Gasteiger partial charge on any atom is 0.321 e. The van der Waals surface area contributed by atoms with Gasteiger partial charge in [-0.1, -0.05) is 30.9 Å². The first-order chi connectivity index (χ1) is 9.19. The van der Waals surface area contributed by atoms with Crippen molar-refractivity contribution >= 4 is 11.6 Å². The molecule has 0 fully saturated rings. The number of nitriles is 1. The molecule has 0 spiro atoms. The third-order valence-electron chi connectivity index (χ3n) is 3.03. The third kappa shape index (κ3) is 5.46. The zero-order valence-corrected chi connectivity index (χ0v) is 12.2. The van der Waals surface area contributed by atoms with E-state index in [1.807, 2.05) is 0 Å². The smallest absolute Gasteiger partial charge is 0.321 e. The van der Waals surface area contributed by atoms with Crippen molar-refractivity contribution in [1.29, 1.82) is 5.26 Å². The second kappa shape index (κ2) is 8.73. The number of nitrogens with zero attached hydrogens (tertiary/aromatic N) is 2. The van der Waals surface area contributed by atoms with E-state index in [9.17, 15) is 0 Å². The molecule has 4 nitrogen and oxygen atoms in total. The van der Waals surface area contributed by atoms with E-state index in [0.29, 0.717) is 10.7 Å². The fraction of sp³-hybridized carbons (Fsp3) is 0.571. The molecule has 1 aromatic heterocycles. The molecular formula is C14H22ClN4+. The monoisotopic (exact) mass is 281 g/mol. The van der Waals surface area contributed by atoms with Crippen LogP contribution in [-0.2, 0) is 0 Å². The van der Waals surface area contributed by atoms with Crippen LogP contribution in [0, 0.1) is 11.3 Å². The first-order valence-corrected chi connectivity index (χ1v) is 7.16. The molecule has 0 amide bonds. The Labute approximate surface area is 120 Å². The highest BCUT2D eigenvalue weighted by Crippen LogP contribution is 2.07. The second-order valence-electron chi connectivity index (χ2n) is 4.65. The van der Waals surface area contributed by atoms with E-state index in [2.05, 4.69) is 18.4 Å². The van der Waals surface area contributed by atoms with Gasteiger partial charge in [0.25, 0.3) is 0 Å². The molecule has 0 aliphatic heterocycles. The van der Waals surface area contributed by atoms with Crippen LogP contribution >= 0.6 is 11.6 Å². The molecular weight excluding hydrogens is 260 g/mol. The Morgan fingerprint density at radius 3 is 2.95 bits per heavy atom. The van der Waals surface area contributed by atoms with Crippen LogP contribution in [0.3, 0.4) is 0 Å². The van der Waals surface area contributed by atoms with Crippen molar-refractivity contribution in [2.75, 3.05) is 12.0 Å². The van der Waals surface area contributed by atoms with Crippen molar-refractivity contribution in [2.45, 2.75) is 45.1 Å². The molecule has 0 radical (unpaired) electrons. The molecule has 5 heteroatoms. The zero-order valence-electron chi connectivity index (χ0n) is 11.4. The highest BCUT2D eigenvalue weighted by molar-refractivity contribution is 6.29. The molecule has 19 heavy (non-hydrogen) atoms. The lowest BCUT2D eigenvalue weighted by Gasteiger charge is -2.10. The van der Waals surface area contributed by atoms with E-state index >= 15 is 0 Å². The van der Waals surface area contributed by atoms with Gasteiger partial charge in [0.1, 0.15) is 11.6 Å². The van der Waals surface area contributed by atoms with Gasteiger partial charge >= 0.3 is 5.15 Å². The van der Waals surface area contributed by atoms with E-state index in [1.165, 1.54) is 19.3 Å². The van der Waals surface area contributed by atoms with Crippen molar-refractivity contribution in [3.63, 3.8) is 0 Å². The van der Waals surface area contributed by atoms with E-state index in [4.69, 9.17) is 22.6 Å². The minimum absolute atomic E-state index is 0.220. The van der Waals surface area contributed by atoms with Crippen LogP contribution in [-0.4, -0.2) is 12.6 Å². The summed E-state index contributed by atoms with van der Waals surface area (Å²) in [5, 5.41) is 9.29.